The molecule has 3 rings (SSSR count). The van der Waals surface area contributed by atoms with E-state index >= 15 is 0 Å². The summed E-state index contributed by atoms with van der Waals surface area (Å²) in [6.07, 6.45) is 2.31. The zero-order valence-corrected chi connectivity index (χ0v) is 18.9. The number of halogens is 2. The molecule has 9 heteroatoms. The van der Waals surface area contributed by atoms with Crippen molar-refractivity contribution < 1.29 is 9.66 Å². The molecule has 0 radical (unpaired) electrons. The van der Waals surface area contributed by atoms with Crippen LogP contribution in [0.4, 0.5) is 5.69 Å². The molecule has 2 N–H and O–H groups in total. The first-order chi connectivity index (χ1) is 13.6. The molecule has 1 fully saturated rings. The predicted molar refractivity (Wildman–Crippen MR) is 125 cm³/mol. The maximum Gasteiger partial charge on any atom is 0.269 e. The van der Waals surface area contributed by atoms with Crippen LogP contribution in [-0.4, -0.2) is 30.1 Å². The number of ether oxygens (including phenoxy) is 1. The van der Waals surface area contributed by atoms with Crippen molar-refractivity contribution in [2.24, 2.45) is 4.99 Å². The molecule has 0 amide bonds. The summed E-state index contributed by atoms with van der Waals surface area (Å²) in [6.45, 7) is 2.48. The van der Waals surface area contributed by atoms with Crippen LogP contribution in [0, 0.1) is 10.1 Å². The summed E-state index contributed by atoms with van der Waals surface area (Å²) in [4.78, 5) is 15.0. The third kappa shape index (κ3) is 7.79. The minimum absolute atomic E-state index is 0. The molecule has 7 nitrogen and oxygen atoms in total. The van der Waals surface area contributed by atoms with Gasteiger partial charge in [0, 0.05) is 36.9 Å². The van der Waals surface area contributed by atoms with Crippen LogP contribution in [0.1, 0.15) is 24.0 Å². The van der Waals surface area contributed by atoms with Crippen LogP contribution < -0.4 is 10.6 Å². The van der Waals surface area contributed by atoms with Crippen molar-refractivity contribution in [3.63, 3.8) is 0 Å². The van der Waals surface area contributed by atoms with Crippen LogP contribution in [-0.2, 0) is 17.8 Å². The van der Waals surface area contributed by atoms with Gasteiger partial charge in [0.1, 0.15) is 0 Å². The molecule has 0 aliphatic carbocycles. The number of rotatable bonds is 7. The van der Waals surface area contributed by atoms with Crippen LogP contribution in [0.5, 0.6) is 0 Å². The monoisotopic (exact) mass is 530 g/mol. The van der Waals surface area contributed by atoms with E-state index in [1.54, 1.807) is 12.1 Å². The molecular weight excluding hydrogens is 507 g/mol. The molecule has 29 heavy (non-hydrogen) atoms. The number of benzene rings is 2. The lowest BCUT2D eigenvalue weighted by molar-refractivity contribution is -0.384. The second kappa shape index (κ2) is 11.9. The van der Waals surface area contributed by atoms with Gasteiger partial charge in [-0.2, -0.15) is 0 Å². The lowest BCUT2D eigenvalue weighted by Gasteiger charge is -2.16. The Labute approximate surface area is 192 Å². The summed E-state index contributed by atoms with van der Waals surface area (Å²) in [5, 5.41) is 18.0. The van der Waals surface area contributed by atoms with E-state index < -0.39 is 4.92 Å². The van der Waals surface area contributed by atoms with Crippen molar-refractivity contribution in [3.8, 4) is 0 Å². The lowest BCUT2D eigenvalue weighted by Crippen LogP contribution is -2.40. The highest BCUT2D eigenvalue weighted by atomic mass is 127. The Kier molecular flexibility index (Phi) is 9.62. The normalized spacial score (nSPS) is 16.2. The van der Waals surface area contributed by atoms with Gasteiger partial charge in [0.15, 0.2) is 5.96 Å². The van der Waals surface area contributed by atoms with Gasteiger partial charge in [-0.1, -0.05) is 35.9 Å². The maximum absolute atomic E-state index is 10.8. The Hall–Kier alpha value is -1.91. The van der Waals surface area contributed by atoms with E-state index in [1.807, 2.05) is 24.3 Å². The van der Waals surface area contributed by atoms with E-state index in [1.165, 1.54) is 12.1 Å². The first-order valence-electron chi connectivity index (χ1n) is 9.22. The third-order valence-electron chi connectivity index (χ3n) is 4.44. The number of nitrogens with one attached hydrogen (secondary N) is 2. The molecule has 2 aromatic carbocycles. The fourth-order valence-electron chi connectivity index (χ4n) is 2.92. The Balaban J connectivity index is 0.00000300. The number of hydrogen-bond acceptors (Lipinski definition) is 4. The molecule has 1 atom stereocenters. The van der Waals surface area contributed by atoms with Gasteiger partial charge in [0.05, 0.1) is 17.6 Å². The van der Waals surface area contributed by atoms with Crippen LogP contribution in [0.15, 0.2) is 53.5 Å². The lowest BCUT2D eigenvalue weighted by atomic mass is 10.2. The van der Waals surface area contributed by atoms with Gasteiger partial charge in [0.25, 0.3) is 5.69 Å². The Bertz CT molecular complexity index is 827. The SMILES string of the molecule is I.O=[N+]([O-])c1ccc(CNC(=NCc2cccc(Cl)c2)NCC2CCCO2)cc1. The number of non-ortho nitro benzene ring substituents is 1. The summed E-state index contributed by atoms with van der Waals surface area (Å²) < 4.78 is 5.65. The van der Waals surface area contributed by atoms with E-state index in [0.717, 1.165) is 30.6 Å². The second-order valence-corrected chi connectivity index (χ2v) is 7.02. The Morgan fingerprint density at radius 1 is 1.21 bits per heavy atom. The minimum Gasteiger partial charge on any atom is -0.376 e. The van der Waals surface area contributed by atoms with E-state index in [-0.39, 0.29) is 35.8 Å². The van der Waals surface area contributed by atoms with Gasteiger partial charge in [-0.25, -0.2) is 4.99 Å². The van der Waals surface area contributed by atoms with Gasteiger partial charge in [0.2, 0.25) is 0 Å². The predicted octanol–water partition coefficient (Wildman–Crippen LogP) is 4.28. The molecule has 1 heterocycles. The average molecular weight is 531 g/mol. The summed E-state index contributed by atoms with van der Waals surface area (Å²) in [5.41, 5.74) is 2.02. The fraction of sp³-hybridized carbons (Fsp3) is 0.350. The summed E-state index contributed by atoms with van der Waals surface area (Å²) >= 11 is 6.04. The number of nitro benzene ring substituents is 1. The molecule has 1 aliphatic heterocycles. The molecule has 0 saturated carbocycles. The van der Waals surface area contributed by atoms with E-state index in [2.05, 4.69) is 15.6 Å². The molecule has 0 bridgehead atoms. The zero-order valence-electron chi connectivity index (χ0n) is 15.8. The second-order valence-electron chi connectivity index (χ2n) is 6.59. The Morgan fingerprint density at radius 2 is 2.00 bits per heavy atom. The number of hydrogen-bond donors (Lipinski definition) is 2. The molecule has 1 saturated heterocycles. The van der Waals surface area contributed by atoms with Gasteiger partial charge in [-0.05, 0) is 36.1 Å². The van der Waals surface area contributed by atoms with Crippen molar-refractivity contribution >= 4 is 47.2 Å². The van der Waals surface area contributed by atoms with Crippen molar-refractivity contribution in [2.75, 3.05) is 13.2 Å². The summed E-state index contributed by atoms with van der Waals surface area (Å²) in [6, 6.07) is 14.1. The number of guanidine groups is 1. The van der Waals surface area contributed by atoms with Crippen LogP contribution in [0.25, 0.3) is 0 Å². The number of nitro groups is 1. The number of nitrogens with zero attached hydrogens (tertiary/aromatic N) is 2. The van der Waals surface area contributed by atoms with Gasteiger partial charge >= 0.3 is 0 Å². The molecule has 1 unspecified atom stereocenters. The standard InChI is InChI=1S/C20H23ClN4O3.HI/c21-17-4-1-3-16(11-17)13-23-20(24-14-19-5-2-10-28-19)22-12-15-6-8-18(9-7-15)25(26)27;/h1,3-4,6-9,11,19H,2,5,10,12-14H2,(H2,22,23,24);1H. The largest absolute Gasteiger partial charge is 0.376 e. The van der Waals surface area contributed by atoms with Crippen LogP contribution >= 0.6 is 35.6 Å². The first kappa shape index (κ1) is 23.4. The molecule has 0 spiro atoms. The topological polar surface area (TPSA) is 88.8 Å². The van der Waals surface area contributed by atoms with E-state index in [0.29, 0.717) is 30.6 Å². The summed E-state index contributed by atoms with van der Waals surface area (Å²) in [5.74, 6) is 0.661. The molecule has 156 valence electrons. The van der Waals surface area contributed by atoms with Crippen LogP contribution in [0.3, 0.4) is 0 Å². The van der Waals surface area contributed by atoms with Gasteiger partial charge in [-0.3, -0.25) is 10.1 Å². The van der Waals surface area contributed by atoms with Gasteiger partial charge < -0.3 is 15.4 Å². The maximum atomic E-state index is 10.8. The van der Waals surface area contributed by atoms with E-state index in [4.69, 9.17) is 16.3 Å². The van der Waals surface area contributed by atoms with Crippen LogP contribution in [0.2, 0.25) is 5.02 Å². The molecule has 0 aromatic heterocycles. The van der Waals surface area contributed by atoms with Gasteiger partial charge in [-0.15, -0.1) is 24.0 Å². The third-order valence-corrected chi connectivity index (χ3v) is 4.67. The smallest absolute Gasteiger partial charge is 0.269 e. The highest BCUT2D eigenvalue weighted by Crippen LogP contribution is 2.13. The number of aliphatic imine (C=N–C) groups is 1. The fourth-order valence-corrected chi connectivity index (χ4v) is 3.13. The first-order valence-corrected chi connectivity index (χ1v) is 9.59. The van der Waals surface area contributed by atoms with Crippen molar-refractivity contribution in [3.05, 3.63) is 74.8 Å². The minimum atomic E-state index is -0.405. The quantitative estimate of drug-likeness (QED) is 0.183. The highest BCUT2D eigenvalue weighted by molar-refractivity contribution is 14.0. The Morgan fingerprint density at radius 3 is 2.66 bits per heavy atom. The molecular formula is C20H24ClIN4O3. The van der Waals surface area contributed by atoms with Crippen molar-refractivity contribution in [2.45, 2.75) is 32.0 Å². The summed E-state index contributed by atoms with van der Waals surface area (Å²) in [7, 11) is 0. The molecule has 1 aliphatic rings. The van der Waals surface area contributed by atoms with E-state index in [9.17, 15) is 10.1 Å². The van der Waals surface area contributed by atoms with Crippen molar-refractivity contribution in [1.82, 2.24) is 10.6 Å². The van der Waals surface area contributed by atoms with Crippen molar-refractivity contribution in [1.29, 1.82) is 0 Å². The molecule has 2 aromatic rings. The highest BCUT2D eigenvalue weighted by Gasteiger charge is 2.15. The zero-order chi connectivity index (χ0) is 19.8. The average Bonchev–Trinajstić information content (AvgIpc) is 3.21.